The van der Waals surface area contributed by atoms with Gasteiger partial charge in [0.25, 0.3) is 0 Å². The molecule has 0 aromatic heterocycles. The molecule has 1 aliphatic rings. The van der Waals surface area contributed by atoms with Crippen molar-refractivity contribution in [2.75, 3.05) is 19.8 Å². The van der Waals surface area contributed by atoms with Gasteiger partial charge in [0.1, 0.15) is 12.4 Å². The van der Waals surface area contributed by atoms with Gasteiger partial charge in [0.15, 0.2) is 0 Å². The van der Waals surface area contributed by atoms with Crippen LogP contribution in [-0.2, 0) is 17.3 Å². The minimum atomic E-state index is -4.44. The molecule has 1 aliphatic heterocycles. The summed E-state index contributed by atoms with van der Waals surface area (Å²) in [4.78, 5) is 0. The molecule has 1 aromatic rings. The van der Waals surface area contributed by atoms with Crippen LogP contribution in [0, 0.1) is 0 Å². The molecule has 6 heteroatoms. The van der Waals surface area contributed by atoms with Crippen LogP contribution in [0.25, 0.3) is 0 Å². The lowest BCUT2D eigenvalue weighted by molar-refractivity contribution is -0.139. The second kappa shape index (κ2) is 7.13. The summed E-state index contributed by atoms with van der Waals surface area (Å²) in [5, 5.41) is 0. The Balaban J connectivity index is 2.09. The Hall–Kier alpha value is -1.27. The van der Waals surface area contributed by atoms with Crippen LogP contribution in [0.2, 0.25) is 0 Å². The van der Waals surface area contributed by atoms with Crippen LogP contribution in [0.4, 0.5) is 13.2 Å². The van der Waals surface area contributed by atoms with Crippen molar-refractivity contribution >= 4 is 0 Å². The first-order chi connectivity index (χ1) is 10.0. The lowest BCUT2D eigenvalue weighted by Gasteiger charge is -2.23. The smallest absolute Gasteiger partial charge is 0.419 e. The Morgan fingerprint density at radius 1 is 1.29 bits per heavy atom. The van der Waals surface area contributed by atoms with Crippen molar-refractivity contribution in [3.8, 4) is 5.75 Å². The van der Waals surface area contributed by atoms with Crippen LogP contribution in [0.3, 0.4) is 0 Å². The quantitative estimate of drug-likeness (QED) is 0.909. The molecule has 2 N–H and O–H groups in total. The maximum absolute atomic E-state index is 13.1. The number of halogens is 3. The summed E-state index contributed by atoms with van der Waals surface area (Å²) in [5.41, 5.74) is 5.20. The molecule has 1 unspecified atom stereocenters. The Kier molecular flexibility index (Phi) is 5.47. The molecule has 1 atom stereocenters. The molecule has 1 fully saturated rings. The summed E-state index contributed by atoms with van der Waals surface area (Å²) in [7, 11) is 0. The predicted molar refractivity (Wildman–Crippen MR) is 73.3 cm³/mol. The summed E-state index contributed by atoms with van der Waals surface area (Å²) in [6.45, 7) is 1.11. The van der Waals surface area contributed by atoms with E-state index in [1.807, 2.05) is 0 Å². The number of ether oxygens (including phenoxy) is 2. The third-order valence-corrected chi connectivity index (χ3v) is 3.48. The Morgan fingerprint density at radius 2 is 2.10 bits per heavy atom. The second-order valence-corrected chi connectivity index (χ2v) is 5.17. The van der Waals surface area contributed by atoms with Crippen molar-refractivity contribution in [3.05, 3.63) is 29.3 Å². The average molecular weight is 303 g/mol. The lowest BCUT2D eigenvalue weighted by Crippen LogP contribution is -2.26. The second-order valence-electron chi connectivity index (χ2n) is 5.17. The van der Waals surface area contributed by atoms with Gasteiger partial charge in [-0.15, -0.1) is 0 Å². The van der Waals surface area contributed by atoms with E-state index in [0.29, 0.717) is 25.1 Å². The van der Waals surface area contributed by atoms with E-state index in [1.54, 1.807) is 6.07 Å². The number of hydrogen-bond acceptors (Lipinski definition) is 3. The van der Waals surface area contributed by atoms with Crippen LogP contribution >= 0.6 is 0 Å². The maximum Gasteiger partial charge on any atom is 0.419 e. The normalized spacial score (nSPS) is 19.5. The monoisotopic (exact) mass is 303 g/mol. The van der Waals surface area contributed by atoms with E-state index >= 15 is 0 Å². The predicted octanol–water partition coefficient (Wildman–Crippen LogP) is 3.15. The minimum absolute atomic E-state index is 0.122. The topological polar surface area (TPSA) is 44.5 Å². The standard InChI is InChI=1S/C15H20F3NO2/c16-15(17,18)13-9-11(6-7-19)4-5-14(13)21-10-12-3-1-2-8-20-12/h4-5,9,12H,1-3,6-8,10,19H2. The first kappa shape index (κ1) is 16.1. The molecule has 1 aromatic carbocycles. The van der Waals surface area contributed by atoms with E-state index in [0.717, 1.165) is 25.3 Å². The van der Waals surface area contributed by atoms with E-state index in [1.165, 1.54) is 6.07 Å². The molecule has 118 valence electrons. The highest BCUT2D eigenvalue weighted by Crippen LogP contribution is 2.37. The van der Waals surface area contributed by atoms with Gasteiger partial charge in [-0.25, -0.2) is 0 Å². The van der Waals surface area contributed by atoms with Gasteiger partial charge in [0.2, 0.25) is 0 Å². The first-order valence-electron chi connectivity index (χ1n) is 7.15. The molecule has 0 amide bonds. The zero-order valence-corrected chi connectivity index (χ0v) is 11.8. The number of nitrogens with two attached hydrogens (primary N) is 1. The van der Waals surface area contributed by atoms with E-state index in [9.17, 15) is 13.2 Å². The Bertz CT molecular complexity index is 457. The zero-order valence-electron chi connectivity index (χ0n) is 11.8. The third kappa shape index (κ3) is 4.61. The number of alkyl halides is 3. The van der Waals surface area contributed by atoms with Gasteiger partial charge in [0, 0.05) is 6.61 Å². The van der Waals surface area contributed by atoms with Gasteiger partial charge >= 0.3 is 6.18 Å². The summed E-state index contributed by atoms with van der Waals surface area (Å²) >= 11 is 0. The highest BCUT2D eigenvalue weighted by Gasteiger charge is 2.34. The van der Waals surface area contributed by atoms with Crippen molar-refractivity contribution < 1.29 is 22.6 Å². The van der Waals surface area contributed by atoms with Gasteiger partial charge in [0.05, 0.1) is 11.7 Å². The highest BCUT2D eigenvalue weighted by atomic mass is 19.4. The van der Waals surface area contributed by atoms with Crippen molar-refractivity contribution in [3.63, 3.8) is 0 Å². The van der Waals surface area contributed by atoms with Crippen LogP contribution in [0.15, 0.2) is 18.2 Å². The van der Waals surface area contributed by atoms with Crippen LogP contribution in [0.1, 0.15) is 30.4 Å². The summed E-state index contributed by atoms with van der Waals surface area (Å²) in [6, 6.07) is 4.11. The largest absolute Gasteiger partial charge is 0.490 e. The number of hydrogen-bond donors (Lipinski definition) is 1. The summed E-state index contributed by atoms with van der Waals surface area (Å²) in [6.07, 6.45) is -1.30. The molecule has 0 radical (unpaired) electrons. The molecule has 3 nitrogen and oxygen atoms in total. The van der Waals surface area contributed by atoms with Gasteiger partial charge in [-0.3, -0.25) is 0 Å². The molecule has 0 saturated carbocycles. The number of rotatable bonds is 5. The summed E-state index contributed by atoms with van der Waals surface area (Å²) in [5.74, 6) is -0.141. The van der Waals surface area contributed by atoms with E-state index < -0.39 is 11.7 Å². The van der Waals surface area contributed by atoms with Crippen molar-refractivity contribution in [2.24, 2.45) is 5.73 Å². The maximum atomic E-state index is 13.1. The molecule has 0 spiro atoms. The van der Waals surface area contributed by atoms with Gasteiger partial charge in [-0.2, -0.15) is 13.2 Å². The SMILES string of the molecule is NCCc1ccc(OCC2CCCCO2)c(C(F)(F)F)c1. The Labute approximate surface area is 122 Å². The van der Waals surface area contributed by atoms with Crippen molar-refractivity contribution in [1.29, 1.82) is 0 Å². The van der Waals surface area contributed by atoms with Crippen molar-refractivity contribution in [1.82, 2.24) is 0 Å². The van der Waals surface area contributed by atoms with Crippen LogP contribution < -0.4 is 10.5 Å². The molecule has 0 bridgehead atoms. The molecule has 21 heavy (non-hydrogen) atoms. The molecule has 1 heterocycles. The van der Waals surface area contributed by atoms with Crippen LogP contribution in [0.5, 0.6) is 5.75 Å². The Morgan fingerprint density at radius 3 is 2.71 bits per heavy atom. The van der Waals surface area contributed by atoms with E-state index in [4.69, 9.17) is 15.2 Å². The molecular formula is C15H20F3NO2. The lowest BCUT2D eigenvalue weighted by atomic mass is 10.1. The molecule has 2 rings (SSSR count). The van der Waals surface area contributed by atoms with Gasteiger partial charge in [-0.05, 0) is 49.9 Å². The molecular weight excluding hydrogens is 283 g/mol. The van der Waals surface area contributed by atoms with Gasteiger partial charge < -0.3 is 15.2 Å². The first-order valence-corrected chi connectivity index (χ1v) is 7.15. The fraction of sp³-hybridized carbons (Fsp3) is 0.600. The van der Waals surface area contributed by atoms with E-state index in [-0.39, 0.29) is 18.5 Å². The average Bonchev–Trinajstić information content (AvgIpc) is 2.46. The summed E-state index contributed by atoms with van der Waals surface area (Å²) < 4.78 is 50.1. The fourth-order valence-electron chi connectivity index (χ4n) is 2.37. The molecule has 1 saturated heterocycles. The van der Waals surface area contributed by atoms with Crippen LogP contribution in [-0.4, -0.2) is 25.9 Å². The third-order valence-electron chi connectivity index (χ3n) is 3.48. The number of benzene rings is 1. The minimum Gasteiger partial charge on any atom is -0.490 e. The molecule has 0 aliphatic carbocycles. The van der Waals surface area contributed by atoms with Crippen molar-refractivity contribution in [2.45, 2.75) is 38.0 Å². The van der Waals surface area contributed by atoms with Gasteiger partial charge in [-0.1, -0.05) is 6.07 Å². The fourth-order valence-corrected chi connectivity index (χ4v) is 2.37. The highest BCUT2D eigenvalue weighted by molar-refractivity contribution is 5.39. The zero-order chi connectivity index (χ0) is 15.3. The van der Waals surface area contributed by atoms with E-state index in [2.05, 4.69) is 0 Å².